The second kappa shape index (κ2) is 4.53. The van der Waals surface area contributed by atoms with Gasteiger partial charge in [0.15, 0.2) is 0 Å². The van der Waals surface area contributed by atoms with E-state index in [9.17, 15) is 0 Å². The zero-order valence-corrected chi connectivity index (χ0v) is 8.67. The first kappa shape index (κ1) is 10.4. The SMILES string of the molecule is CC(C)(CCl)NCc1ncccn1. The molecule has 0 aliphatic rings. The van der Waals surface area contributed by atoms with Gasteiger partial charge in [0.2, 0.25) is 0 Å². The van der Waals surface area contributed by atoms with Crippen molar-refractivity contribution in [2.45, 2.75) is 25.9 Å². The number of nitrogens with zero attached hydrogens (tertiary/aromatic N) is 2. The molecule has 0 bridgehead atoms. The number of aromatic nitrogens is 2. The van der Waals surface area contributed by atoms with Crippen LogP contribution in [-0.4, -0.2) is 21.4 Å². The first-order chi connectivity index (χ1) is 6.14. The van der Waals surface area contributed by atoms with E-state index in [1.54, 1.807) is 18.5 Å². The summed E-state index contributed by atoms with van der Waals surface area (Å²) in [5, 5.41) is 3.27. The summed E-state index contributed by atoms with van der Waals surface area (Å²) in [7, 11) is 0. The van der Waals surface area contributed by atoms with Crippen molar-refractivity contribution in [1.29, 1.82) is 0 Å². The highest BCUT2D eigenvalue weighted by Crippen LogP contribution is 2.04. The van der Waals surface area contributed by atoms with Crippen LogP contribution in [0.25, 0.3) is 0 Å². The largest absolute Gasteiger partial charge is 0.304 e. The average Bonchev–Trinajstić information content (AvgIpc) is 2.17. The molecule has 0 spiro atoms. The molecule has 0 radical (unpaired) electrons. The van der Waals surface area contributed by atoms with Gasteiger partial charge in [0.1, 0.15) is 5.82 Å². The first-order valence-corrected chi connectivity index (χ1v) is 4.74. The van der Waals surface area contributed by atoms with Crippen LogP contribution in [0.5, 0.6) is 0 Å². The van der Waals surface area contributed by atoms with Crippen LogP contribution < -0.4 is 5.32 Å². The van der Waals surface area contributed by atoms with E-state index in [1.165, 1.54) is 0 Å². The van der Waals surface area contributed by atoms with Crippen molar-refractivity contribution < 1.29 is 0 Å². The molecule has 0 aromatic carbocycles. The third-order valence-corrected chi connectivity index (χ3v) is 2.35. The Balaban J connectivity index is 2.44. The summed E-state index contributed by atoms with van der Waals surface area (Å²) in [6.07, 6.45) is 3.47. The molecule has 1 aromatic rings. The monoisotopic (exact) mass is 199 g/mol. The van der Waals surface area contributed by atoms with Gasteiger partial charge in [-0.05, 0) is 19.9 Å². The lowest BCUT2D eigenvalue weighted by atomic mass is 10.1. The summed E-state index contributed by atoms with van der Waals surface area (Å²) in [4.78, 5) is 8.20. The Morgan fingerprint density at radius 2 is 2.00 bits per heavy atom. The maximum Gasteiger partial charge on any atom is 0.141 e. The summed E-state index contributed by atoms with van der Waals surface area (Å²) in [6.45, 7) is 4.74. The molecule has 13 heavy (non-hydrogen) atoms. The Kier molecular flexibility index (Phi) is 3.63. The summed E-state index contributed by atoms with van der Waals surface area (Å²) in [5.74, 6) is 1.36. The number of hydrogen-bond donors (Lipinski definition) is 1. The van der Waals surface area contributed by atoms with Gasteiger partial charge in [-0.15, -0.1) is 11.6 Å². The van der Waals surface area contributed by atoms with Crippen LogP contribution in [0.1, 0.15) is 19.7 Å². The molecule has 0 amide bonds. The highest BCUT2D eigenvalue weighted by molar-refractivity contribution is 6.18. The molecule has 1 rings (SSSR count). The topological polar surface area (TPSA) is 37.8 Å². The predicted octanol–water partition coefficient (Wildman–Crippen LogP) is 1.58. The minimum Gasteiger partial charge on any atom is -0.304 e. The molecule has 0 fully saturated rings. The average molecular weight is 200 g/mol. The molecule has 0 aliphatic carbocycles. The highest BCUT2D eigenvalue weighted by atomic mass is 35.5. The van der Waals surface area contributed by atoms with E-state index in [0.29, 0.717) is 12.4 Å². The second-order valence-electron chi connectivity index (χ2n) is 3.54. The van der Waals surface area contributed by atoms with Crippen LogP contribution in [0.3, 0.4) is 0 Å². The number of rotatable bonds is 4. The minimum atomic E-state index is -0.0687. The molecular weight excluding hydrogens is 186 g/mol. The Morgan fingerprint density at radius 3 is 2.54 bits per heavy atom. The van der Waals surface area contributed by atoms with E-state index < -0.39 is 0 Å². The van der Waals surface area contributed by atoms with Gasteiger partial charge >= 0.3 is 0 Å². The maximum absolute atomic E-state index is 5.76. The van der Waals surface area contributed by atoms with E-state index in [4.69, 9.17) is 11.6 Å². The second-order valence-corrected chi connectivity index (χ2v) is 3.80. The smallest absolute Gasteiger partial charge is 0.141 e. The Hall–Kier alpha value is -0.670. The summed E-state index contributed by atoms with van der Waals surface area (Å²) >= 11 is 5.76. The first-order valence-electron chi connectivity index (χ1n) is 4.21. The summed E-state index contributed by atoms with van der Waals surface area (Å²) in [6, 6.07) is 1.80. The van der Waals surface area contributed by atoms with Gasteiger partial charge in [-0.3, -0.25) is 0 Å². The van der Waals surface area contributed by atoms with E-state index in [0.717, 1.165) is 5.82 Å². The molecule has 0 atom stereocenters. The van der Waals surface area contributed by atoms with Gasteiger partial charge in [-0.2, -0.15) is 0 Å². The quantitative estimate of drug-likeness (QED) is 0.749. The molecule has 72 valence electrons. The van der Waals surface area contributed by atoms with Crippen molar-refractivity contribution in [2.75, 3.05) is 5.88 Å². The van der Waals surface area contributed by atoms with Gasteiger partial charge in [0.05, 0.1) is 6.54 Å². The molecule has 1 N–H and O–H groups in total. The predicted molar refractivity (Wildman–Crippen MR) is 53.7 cm³/mol. The van der Waals surface area contributed by atoms with Crippen molar-refractivity contribution in [3.05, 3.63) is 24.3 Å². The fraction of sp³-hybridized carbons (Fsp3) is 0.556. The van der Waals surface area contributed by atoms with E-state index in [-0.39, 0.29) is 5.54 Å². The molecule has 1 heterocycles. The van der Waals surface area contributed by atoms with E-state index in [2.05, 4.69) is 15.3 Å². The fourth-order valence-electron chi connectivity index (χ4n) is 0.787. The standard InChI is InChI=1S/C9H14ClN3/c1-9(2,7-10)13-6-8-11-4-3-5-12-8/h3-5,13H,6-7H2,1-2H3. The summed E-state index contributed by atoms with van der Waals surface area (Å²) in [5.41, 5.74) is -0.0687. The van der Waals surface area contributed by atoms with Crippen LogP contribution in [0.2, 0.25) is 0 Å². The Labute approximate surface area is 83.5 Å². The minimum absolute atomic E-state index is 0.0687. The normalized spacial score (nSPS) is 11.6. The number of hydrogen-bond acceptors (Lipinski definition) is 3. The fourth-order valence-corrected chi connectivity index (χ4v) is 0.881. The Morgan fingerprint density at radius 1 is 1.38 bits per heavy atom. The zero-order chi connectivity index (χ0) is 9.73. The highest BCUT2D eigenvalue weighted by Gasteiger charge is 2.14. The molecule has 4 heteroatoms. The Bertz CT molecular complexity index is 248. The van der Waals surface area contributed by atoms with Crippen LogP contribution in [-0.2, 0) is 6.54 Å². The van der Waals surface area contributed by atoms with Gasteiger partial charge < -0.3 is 5.32 Å². The molecule has 0 aliphatic heterocycles. The molecule has 0 saturated carbocycles. The molecule has 1 aromatic heterocycles. The number of halogens is 1. The van der Waals surface area contributed by atoms with Crippen molar-refractivity contribution in [3.8, 4) is 0 Å². The summed E-state index contributed by atoms with van der Waals surface area (Å²) < 4.78 is 0. The van der Waals surface area contributed by atoms with Crippen LogP contribution >= 0.6 is 11.6 Å². The third-order valence-electron chi connectivity index (χ3n) is 1.68. The van der Waals surface area contributed by atoms with Crippen molar-refractivity contribution in [2.24, 2.45) is 0 Å². The van der Waals surface area contributed by atoms with Crippen molar-refractivity contribution in [1.82, 2.24) is 15.3 Å². The van der Waals surface area contributed by atoms with Gasteiger partial charge in [-0.1, -0.05) is 0 Å². The van der Waals surface area contributed by atoms with Gasteiger partial charge in [-0.25, -0.2) is 9.97 Å². The lowest BCUT2D eigenvalue weighted by Gasteiger charge is -2.22. The lowest BCUT2D eigenvalue weighted by molar-refractivity contribution is 0.423. The van der Waals surface area contributed by atoms with Crippen LogP contribution in [0.15, 0.2) is 18.5 Å². The molecular formula is C9H14ClN3. The van der Waals surface area contributed by atoms with Crippen molar-refractivity contribution >= 4 is 11.6 Å². The van der Waals surface area contributed by atoms with Crippen LogP contribution in [0, 0.1) is 0 Å². The van der Waals surface area contributed by atoms with Crippen LogP contribution in [0.4, 0.5) is 0 Å². The van der Waals surface area contributed by atoms with Gasteiger partial charge in [0, 0.05) is 23.8 Å². The van der Waals surface area contributed by atoms with E-state index >= 15 is 0 Å². The lowest BCUT2D eigenvalue weighted by Crippen LogP contribution is -2.40. The number of alkyl halides is 1. The van der Waals surface area contributed by atoms with Crippen molar-refractivity contribution in [3.63, 3.8) is 0 Å². The maximum atomic E-state index is 5.76. The number of nitrogens with one attached hydrogen (secondary N) is 1. The molecule has 0 unspecified atom stereocenters. The molecule has 0 saturated heterocycles. The molecule has 3 nitrogen and oxygen atoms in total. The van der Waals surface area contributed by atoms with Gasteiger partial charge in [0.25, 0.3) is 0 Å². The zero-order valence-electron chi connectivity index (χ0n) is 7.92. The third kappa shape index (κ3) is 3.70. The van der Waals surface area contributed by atoms with E-state index in [1.807, 2.05) is 13.8 Å².